The topological polar surface area (TPSA) is 75.6 Å². The maximum atomic E-state index is 12.2. The van der Waals surface area contributed by atoms with E-state index in [1.807, 2.05) is 48.7 Å². The maximum Gasteiger partial charge on any atom is 0.227 e. The second-order valence-electron chi connectivity index (χ2n) is 5.89. The number of aromatic amines is 1. The molecule has 2 N–H and O–H groups in total. The monoisotopic (exact) mass is 353 g/mol. The third-order valence-corrected chi connectivity index (χ3v) is 4.09. The summed E-state index contributed by atoms with van der Waals surface area (Å²) >= 11 is 5.30. The molecule has 3 aromatic rings. The second kappa shape index (κ2) is 7.40. The average molecular weight is 353 g/mol. The van der Waals surface area contributed by atoms with Crippen LogP contribution in [0.15, 0.2) is 42.6 Å². The lowest BCUT2D eigenvalue weighted by Crippen LogP contribution is -2.15. The molecule has 0 spiro atoms. The van der Waals surface area contributed by atoms with Gasteiger partial charge in [0.25, 0.3) is 0 Å². The first kappa shape index (κ1) is 17.0. The molecule has 0 atom stereocenters. The number of aromatic nitrogens is 4. The highest BCUT2D eigenvalue weighted by Crippen LogP contribution is 2.19. The third-order valence-electron chi connectivity index (χ3n) is 3.78. The summed E-state index contributed by atoms with van der Waals surface area (Å²) in [4.78, 5) is 16.4. The predicted molar refractivity (Wildman–Crippen MR) is 99.8 cm³/mol. The Kier molecular flexibility index (Phi) is 5.04. The first-order chi connectivity index (χ1) is 12.0. The van der Waals surface area contributed by atoms with Crippen LogP contribution in [-0.2, 0) is 11.3 Å². The number of amides is 1. The Labute approximate surface area is 150 Å². The molecule has 1 amide bonds. The molecule has 0 radical (unpaired) electrons. The van der Waals surface area contributed by atoms with E-state index in [0.717, 1.165) is 22.5 Å². The molecular formula is C18H19N5OS. The minimum atomic E-state index is -0.116. The molecule has 2 aromatic heterocycles. The van der Waals surface area contributed by atoms with Crippen LogP contribution in [0.5, 0.6) is 0 Å². The van der Waals surface area contributed by atoms with Gasteiger partial charge in [0.05, 0.1) is 0 Å². The van der Waals surface area contributed by atoms with E-state index in [4.69, 9.17) is 12.2 Å². The van der Waals surface area contributed by atoms with Gasteiger partial charge in [-0.05, 0) is 43.8 Å². The van der Waals surface area contributed by atoms with Crippen LogP contribution in [0.1, 0.15) is 17.5 Å². The van der Waals surface area contributed by atoms with Crippen molar-refractivity contribution in [1.82, 2.24) is 19.7 Å². The van der Waals surface area contributed by atoms with E-state index in [2.05, 4.69) is 20.5 Å². The van der Waals surface area contributed by atoms with Crippen LogP contribution in [-0.4, -0.2) is 25.7 Å². The number of benzene rings is 1. The van der Waals surface area contributed by atoms with Crippen molar-refractivity contribution >= 4 is 23.9 Å². The van der Waals surface area contributed by atoms with Gasteiger partial charge in [-0.25, -0.2) is 4.98 Å². The molecule has 3 rings (SSSR count). The fraction of sp³-hybridized carbons (Fsp3) is 0.222. The van der Waals surface area contributed by atoms with Gasteiger partial charge in [-0.1, -0.05) is 29.8 Å². The number of H-pyrrole nitrogens is 1. The number of hydrogen-bond acceptors (Lipinski definition) is 4. The molecular weight excluding hydrogens is 334 g/mol. The van der Waals surface area contributed by atoms with Crippen molar-refractivity contribution in [1.29, 1.82) is 0 Å². The summed E-state index contributed by atoms with van der Waals surface area (Å²) in [6.45, 7) is 4.42. The summed E-state index contributed by atoms with van der Waals surface area (Å²) < 4.78 is 2.34. The summed E-state index contributed by atoms with van der Waals surface area (Å²) in [7, 11) is 0. The van der Waals surface area contributed by atoms with Crippen LogP contribution in [0, 0.1) is 18.6 Å². The number of nitrogens with zero attached hydrogens (tertiary/aromatic N) is 3. The molecule has 0 bridgehead atoms. The molecule has 0 unspecified atom stereocenters. The highest BCUT2D eigenvalue weighted by Gasteiger charge is 2.11. The minimum absolute atomic E-state index is 0.116. The van der Waals surface area contributed by atoms with Crippen LogP contribution in [0.4, 0.5) is 5.82 Å². The van der Waals surface area contributed by atoms with Gasteiger partial charge in [0.1, 0.15) is 5.82 Å². The Hall–Kier alpha value is -2.80. The zero-order valence-electron chi connectivity index (χ0n) is 14.1. The van der Waals surface area contributed by atoms with E-state index in [0.29, 0.717) is 17.1 Å². The van der Waals surface area contributed by atoms with Crippen LogP contribution < -0.4 is 5.32 Å². The van der Waals surface area contributed by atoms with Crippen molar-refractivity contribution < 1.29 is 4.79 Å². The molecule has 6 nitrogen and oxygen atoms in total. The van der Waals surface area contributed by atoms with Gasteiger partial charge in [0.15, 0.2) is 10.6 Å². The van der Waals surface area contributed by atoms with E-state index < -0.39 is 0 Å². The van der Waals surface area contributed by atoms with E-state index in [-0.39, 0.29) is 12.3 Å². The Balaban J connectivity index is 1.71. The van der Waals surface area contributed by atoms with Gasteiger partial charge in [0, 0.05) is 24.7 Å². The van der Waals surface area contributed by atoms with Crippen LogP contribution in [0.3, 0.4) is 0 Å². The zero-order chi connectivity index (χ0) is 17.8. The molecule has 0 aliphatic carbocycles. The number of anilines is 1. The van der Waals surface area contributed by atoms with Gasteiger partial charge in [0.2, 0.25) is 5.91 Å². The summed E-state index contributed by atoms with van der Waals surface area (Å²) in [6.07, 6.45) is 2.00. The van der Waals surface area contributed by atoms with Crippen molar-refractivity contribution in [3.63, 3.8) is 0 Å². The van der Waals surface area contributed by atoms with Crippen molar-refractivity contribution in [3.8, 4) is 11.4 Å². The summed E-state index contributed by atoms with van der Waals surface area (Å²) in [5.41, 5.74) is 3.15. The number of rotatable bonds is 5. The molecule has 0 aliphatic rings. The highest BCUT2D eigenvalue weighted by molar-refractivity contribution is 7.71. The maximum absolute atomic E-state index is 12.2. The van der Waals surface area contributed by atoms with Crippen LogP contribution >= 0.6 is 12.2 Å². The van der Waals surface area contributed by atoms with Crippen molar-refractivity contribution in [2.24, 2.45) is 0 Å². The second-order valence-corrected chi connectivity index (χ2v) is 6.28. The number of aryl methyl sites for hydroxylation is 2. The summed E-state index contributed by atoms with van der Waals surface area (Å²) in [6, 6.07) is 11.7. The SMILES string of the molecule is Cc1ccc(NC(=O)CCn2c(-c3cccc(C)c3)n[nH]c2=S)nc1. The normalized spacial score (nSPS) is 10.6. The first-order valence-corrected chi connectivity index (χ1v) is 8.38. The number of carbonyl (C=O) groups is 1. The van der Waals surface area contributed by atoms with Gasteiger partial charge >= 0.3 is 0 Å². The quantitative estimate of drug-likeness (QED) is 0.687. The van der Waals surface area contributed by atoms with Gasteiger partial charge < -0.3 is 5.32 Å². The Morgan fingerprint density at radius 3 is 2.80 bits per heavy atom. The first-order valence-electron chi connectivity index (χ1n) is 7.97. The smallest absolute Gasteiger partial charge is 0.227 e. The largest absolute Gasteiger partial charge is 0.311 e. The van der Waals surface area contributed by atoms with E-state index in [1.165, 1.54) is 0 Å². The van der Waals surface area contributed by atoms with E-state index in [9.17, 15) is 4.79 Å². The molecule has 25 heavy (non-hydrogen) atoms. The highest BCUT2D eigenvalue weighted by atomic mass is 32.1. The Morgan fingerprint density at radius 1 is 1.24 bits per heavy atom. The molecule has 0 saturated carbocycles. The fourth-order valence-corrected chi connectivity index (χ4v) is 2.71. The van der Waals surface area contributed by atoms with E-state index >= 15 is 0 Å². The van der Waals surface area contributed by atoms with Crippen LogP contribution in [0.25, 0.3) is 11.4 Å². The molecule has 7 heteroatoms. The van der Waals surface area contributed by atoms with Crippen molar-refractivity contribution in [3.05, 3.63) is 58.5 Å². The standard InChI is InChI=1S/C18H19N5OS/c1-12-4-3-5-14(10-12)17-21-22-18(25)23(17)9-8-16(24)20-15-7-6-13(2)11-19-15/h3-7,10-11H,8-9H2,1-2H3,(H,22,25)(H,19,20,24). The molecule has 1 aromatic carbocycles. The van der Waals surface area contributed by atoms with E-state index in [1.54, 1.807) is 12.3 Å². The number of hydrogen-bond donors (Lipinski definition) is 2. The summed E-state index contributed by atoms with van der Waals surface area (Å²) in [5.74, 6) is 1.16. The lowest BCUT2D eigenvalue weighted by molar-refractivity contribution is -0.116. The molecule has 128 valence electrons. The van der Waals surface area contributed by atoms with Crippen molar-refractivity contribution in [2.75, 3.05) is 5.32 Å². The average Bonchev–Trinajstić information content (AvgIpc) is 2.96. The van der Waals surface area contributed by atoms with Crippen LogP contribution in [0.2, 0.25) is 0 Å². The Bertz CT molecular complexity index is 943. The molecule has 0 aliphatic heterocycles. The molecule has 2 heterocycles. The van der Waals surface area contributed by atoms with Gasteiger partial charge in [-0.2, -0.15) is 5.10 Å². The minimum Gasteiger partial charge on any atom is -0.311 e. The summed E-state index contributed by atoms with van der Waals surface area (Å²) in [5, 5.41) is 9.90. The predicted octanol–water partition coefficient (Wildman–Crippen LogP) is 3.65. The lowest BCUT2D eigenvalue weighted by Gasteiger charge is -2.08. The molecule has 0 fully saturated rings. The van der Waals surface area contributed by atoms with Gasteiger partial charge in [-0.3, -0.25) is 14.5 Å². The fourth-order valence-electron chi connectivity index (χ4n) is 2.49. The zero-order valence-corrected chi connectivity index (χ0v) is 14.9. The number of nitrogens with one attached hydrogen (secondary N) is 2. The lowest BCUT2D eigenvalue weighted by atomic mass is 10.1. The van der Waals surface area contributed by atoms with Crippen molar-refractivity contribution in [2.45, 2.75) is 26.8 Å². The number of pyridine rings is 1. The molecule has 0 saturated heterocycles. The van der Waals surface area contributed by atoms with Gasteiger partial charge in [-0.15, -0.1) is 0 Å². The Morgan fingerprint density at radius 2 is 2.08 bits per heavy atom. The number of carbonyl (C=O) groups excluding carboxylic acids is 1. The third kappa shape index (κ3) is 4.19.